The number of rotatable bonds is 42. The molecule has 360 valence electrons. The minimum atomic E-state index is -4.36. The van der Waals surface area contributed by atoms with E-state index in [2.05, 4.69) is 13.8 Å². The quantitative estimate of drug-likeness (QED) is 0.0372. The van der Waals surface area contributed by atoms with Crippen molar-refractivity contribution in [1.29, 1.82) is 0 Å². The standard InChI is InChI=1S/2C27H48O3S.Ca/c2*1-2-3-4-5-6-7-8-9-10-11-12-13-14-15-16-17-18-19-20-23-26-24-21-22-25-27(26)31(28,29)30;/h2*21-22,24-25H,2-20,23H2,1H3,(H,28,29,30);/q;;+2/p-2. The van der Waals surface area contributed by atoms with E-state index in [1.54, 1.807) is 36.4 Å². The largest absolute Gasteiger partial charge is 2.00 e. The van der Waals surface area contributed by atoms with E-state index in [9.17, 15) is 25.9 Å². The van der Waals surface area contributed by atoms with E-state index >= 15 is 0 Å². The van der Waals surface area contributed by atoms with Gasteiger partial charge in [0.2, 0.25) is 0 Å². The first-order valence-corrected chi connectivity index (χ1v) is 29.0. The zero-order valence-electron chi connectivity index (χ0n) is 40.9. The van der Waals surface area contributed by atoms with Crippen LogP contribution in [-0.4, -0.2) is 63.7 Å². The Balaban J connectivity index is 0.00000120. The van der Waals surface area contributed by atoms with Crippen LogP contribution in [0.5, 0.6) is 0 Å². The number of hydrogen-bond acceptors (Lipinski definition) is 6. The Morgan fingerprint density at radius 2 is 0.476 bits per heavy atom. The smallest absolute Gasteiger partial charge is 0.744 e. The number of unbranched alkanes of at least 4 members (excludes halogenated alkanes) is 36. The van der Waals surface area contributed by atoms with E-state index in [-0.39, 0.29) is 47.5 Å². The Bertz CT molecular complexity index is 1400. The molecule has 63 heavy (non-hydrogen) atoms. The molecule has 2 aromatic carbocycles. The molecule has 0 fully saturated rings. The summed E-state index contributed by atoms with van der Waals surface area (Å²) in [6.45, 7) is 4.56. The third kappa shape index (κ3) is 38.2. The van der Waals surface area contributed by atoms with E-state index in [1.165, 1.54) is 230 Å². The second-order valence-electron chi connectivity index (χ2n) is 18.4. The first-order chi connectivity index (χ1) is 30.1. The zero-order valence-corrected chi connectivity index (χ0v) is 44.7. The molecular weight excluding hydrogens is 849 g/mol. The van der Waals surface area contributed by atoms with E-state index < -0.39 is 20.2 Å². The summed E-state index contributed by atoms with van der Waals surface area (Å²) in [4.78, 5) is -0.0881. The molecule has 0 atom stereocenters. The molecule has 2 rings (SSSR count). The van der Waals surface area contributed by atoms with Crippen LogP contribution in [0.25, 0.3) is 0 Å². The number of aryl methyl sites for hydroxylation is 2. The van der Waals surface area contributed by atoms with Crippen molar-refractivity contribution in [1.82, 2.24) is 0 Å². The minimum absolute atomic E-state index is 0. The summed E-state index contributed by atoms with van der Waals surface area (Å²) in [6, 6.07) is 13.2. The number of hydrogen-bond donors (Lipinski definition) is 0. The maximum Gasteiger partial charge on any atom is 2.00 e. The van der Waals surface area contributed by atoms with Crippen LogP contribution in [0.2, 0.25) is 0 Å². The van der Waals surface area contributed by atoms with Crippen LogP contribution in [0.1, 0.15) is 269 Å². The summed E-state index contributed by atoms with van der Waals surface area (Å²) < 4.78 is 67.8. The summed E-state index contributed by atoms with van der Waals surface area (Å²) in [5, 5.41) is 0. The Hall–Kier alpha value is -0.480. The van der Waals surface area contributed by atoms with Crippen LogP contribution in [0.4, 0.5) is 0 Å². The predicted octanol–water partition coefficient (Wildman–Crippen LogP) is 16.7. The molecule has 0 spiro atoms. The molecule has 0 aliphatic heterocycles. The van der Waals surface area contributed by atoms with Gasteiger partial charge in [-0.3, -0.25) is 0 Å². The Labute approximate surface area is 420 Å². The molecule has 2 aromatic rings. The molecule has 6 nitrogen and oxygen atoms in total. The summed E-state index contributed by atoms with van der Waals surface area (Å²) in [6.07, 6.45) is 52.4. The summed E-state index contributed by atoms with van der Waals surface area (Å²) in [5.74, 6) is 0. The fraction of sp³-hybridized carbons (Fsp3) is 0.778. The molecular formula is C54H94CaO6S2. The van der Waals surface area contributed by atoms with Gasteiger partial charge in [0.25, 0.3) is 0 Å². The van der Waals surface area contributed by atoms with Crippen molar-refractivity contribution >= 4 is 58.0 Å². The summed E-state index contributed by atoms with van der Waals surface area (Å²) in [5.41, 5.74) is 1.34. The van der Waals surface area contributed by atoms with Gasteiger partial charge in [-0.25, -0.2) is 16.8 Å². The monoisotopic (exact) mass is 943 g/mol. The molecule has 0 saturated heterocycles. The molecule has 0 aromatic heterocycles. The molecule has 0 aliphatic rings. The molecule has 0 N–H and O–H groups in total. The van der Waals surface area contributed by atoms with E-state index in [1.807, 2.05) is 0 Å². The minimum Gasteiger partial charge on any atom is -0.744 e. The van der Waals surface area contributed by atoms with Crippen molar-refractivity contribution in [2.75, 3.05) is 0 Å². The van der Waals surface area contributed by atoms with E-state index in [4.69, 9.17) is 0 Å². The van der Waals surface area contributed by atoms with Gasteiger partial charge in [-0.2, -0.15) is 0 Å². The van der Waals surface area contributed by atoms with Gasteiger partial charge in [0.1, 0.15) is 20.2 Å². The van der Waals surface area contributed by atoms with Crippen molar-refractivity contribution in [3.63, 3.8) is 0 Å². The third-order valence-corrected chi connectivity index (χ3v) is 14.5. The molecule has 0 radical (unpaired) electrons. The first-order valence-electron chi connectivity index (χ1n) is 26.2. The Morgan fingerprint density at radius 3 is 0.667 bits per heavy atom. The van der Waals surface area contributed by atoms with Gasteiger partial charge < -0.3 is 9.11 Å². The van der Waals surface area contributed by atoms with Crippen molar-refractivity contribution < 1.29 is 25.9 Å². The van der Waals surface area contributed by atoms with Crippen molar-refractivity contribution in [3.05, 3.63) is 59.7 Å². The van der Waals surface area contributed by atoms with Crippen molar-refractivity contribution in [2.45, 2.75) is 280 Å². The number of benzene rings is 2. The molecule has 9 heteroatoms. The van der Waals surface area contributed by atoms with Gasteiger partial charge in [-0.15, -0.1) is 0 Å². The molecule has 0 aliphatic carbocycles. The summed E-state index contributed by atoms with van der Waals surface area (Å²) in [7, 11) is -8.72. The third-order valence-electron chi connectivity index (χ3n) is 12.6. The van der Waals surface area contributed by atoms with Gasteiger partial charge in [0, 0.05) is 0 Å². The predicted molar refractivity (Wildman–Crippen MR) is 269 cm³/mol. The average Bonchev–Trinajstić information content (AvgIpc) is 3.25. The maximum absolute atomic E-state index is 11.3. The molecule has 0 bridgehead atoms. The van der Waals surface area contributed by atoms with Crippen molar-refractivity contribution in [2.24, 2.45) is 0 Å². The van der Waals surface area contributed by atoms with Crippen LogP contribution < -0.4 is 0 Å². The van der Waals surface area contributed by atoms with Crippen LogP contribution in [-0.2, 0) is 33.1 Å². The maximum atomic E-state index is 11.3. The second kappa shape index (κ2) is 44.1. The molecule has 0 saturated carbocycles. The second-order valence-corrected chi connectivity index (χ2v) is 21.0. The van der Waals surface area contributed by atoms with Crippen LogP contribution in [0.15, 0.2) is 58.3 Å². The van der Waals surface area contributed by atoms with Crippen LogP contribution in [0, 0.1) is 0 Å². The van der Waals surface area contributed by atoms with Gasteiger partial charge in [0.15, 0.2) is 0 Å². The fourth-order valence-corrected chi connectivity index (χ4v) is 10.2. The normalized spacial score (nSPS) is 11.6. The van der Waals surface area contributed by atoms with Crippen LogP contribution in [0.3, 0.4) is 0 Å². The average molecular weight is 944 g/mol. The van der Waals surface area contributed by atoms with Gasteiger partial charge in [0.05, 0.1) is 9.79 Å². The van der Waals surface area contributed by atoms with Crippen molar-refractivity contribution in [3.8, 4) is 0 Å². The van der Waals surface area contributed by atoms with Crippen LogP contribution >= 0.6 is 0 Å². The molecule has 0 heterocycles. The SMILES string of the molecule is CCCCCCCCCCCCCCCCCCCCCc1ccccc1S(=O)(=O)[O-].CCCCCCCCCCCCCCCCCCCCCc1ccccc1S(=O)(=O)[O-].[Ca+2]. The van der Waals surface area contributed by atoms with E-state index in [0.29, 0.717) is 24.0 Å². The zero-order chi connectivity index (χ0) is 45.3. The Morgan fingerprint density at radius 1 is 0.302 bits per heavy atom. The van der Waals surface area contributed by atoms with E-state index in [0.717, 1.165) is 25.7 Å². The Kier molecular flexibility index (Phi) is 43.7. The topological polar surface area (TPSA) is 114 Å². The summed E-state index contributed by atoms with van der Waals surface area (Å²) >= 11 is 0. The van der Waals surface area contributed by atoms with Gasteiger partial charge >= 0.3 is 37.7 Å². The molecule has 0 amide bonds. The molecule has 0 unspecified atom stereocenters. The first kappa shape index (κ1) is 62.5. The van der Waals surface area contributed by atoms with Gasteiger partial charge in [-0.05, 0) is 48.9 Å². The van der Waals surface area contributed by atoms with Gasteiger partial charge in [-0.1, -0.05) is 281 Å². The fourth-order valence-electron chi connectivity index (χ4n) is 8.70.